The summed E-state index contributed by atoms with van der Waals surface area (Å²) in [5, 5.41) is 5.65. The van der Waals surface area contributed by atoms with Gasteiger partial charge in [0.05, 0.1) is 11.6 Å². The maximum Gasteiger partial charge on any atom is 0.231 e. The highest BCUT2D eigenvalue weighted by molar-refractivity contribution is 7.98. The minimum Gasteiger partial charge on any atom is -0.491 e. The Bertz CT molecular complexity index is 763. The molecule has 2 amide bonds. The fourth-order valence-electron chi connectivity index (χ4n) is 2.48. The Morgan fingerprint density at radius 3 is 2.96 bits per heavy atom. The molecule has 124 valence electrons. The molecule has 6 heteroatoms. The molecule has 0 aliphatic carbocycles. The average Bonchev–Trinajstić information content (AvgIpc) is 2.74. The minimum absolute atomic E-state index is 0.0727. The molecule has 0 saturated heterocycles. The van der Waals surface area contributed by atoms with Gasteiger partial charge in [-0.3, -0.25) is 9.59 Å². The first kappa shape index (κ1) is 16.4. The normalized spacial score (nSPS) is 16.4. The number of thioether (sulfide) groups is 1. The van der Waals surface area contributed by atoms with E-state index in [-0.39, 0.29) is 24.8 Å². The van der Waals surface area contributed by atoms with Crippen molar-refractivity contribution in [3.8, 4) is 5.75 Å². The first-order chi connectivity index (χ1) is 11.7. The highest BCUT2D eigenvalue weighted by Gasteiger charge is 2.26. The number of ether oxygens (including phenoxy) is 1. The Morgan fingerprint density at radius 2 is 2.12 bits per heavy atom. The second-order valence-electron chi connectivity index (χ2n) is 5.48. The van der Waals surface area contributed by atoms with Gasteiger partial charge in [0.2, 0.25) is 11.8 Å². The lowest BCUT2D eigenvalue weighted by atomic mass is 10.1. The van der Waals surface area contributed by atoms with Gasteiger partial charge in [0.15, 0.2) is 0 Å². The van der Waals surface area contributed by atoms with E-state index in [1.165, 1.54) is 0 Å². The number of amides is 2. The summed E-state index contributed by atoms with van der Waals surface area (Å²) in [6.07, 6.45) is 2.05. The topological polar surface area (TPSA) is 67.4 Å². The standard InChI is InChI=1S/C18H18N2O3S/c1-24-14-6-4-5-13(10-14)19-17(21)9-12-11-23-16-8-3-2-7-15(16)20-18(12)22/h2-8,10,12H,9,11H2,1H3,(H,19,21)(H,20,22)/t12-/m1/s1. The van der Waals surface area contributed by atoms with Crippen LogP contribution in [0.4, 0.5) is 11.4 Å². The average molecular weight is 342 g/mol. The van der Waals surface area contributed by atoms with E-state index in [0.717, 1.165) is 10.6 Å². The number of carbonyl (C=O) groups is 2. The SMILES string of the molecule is CSc1cccc(NC(=O)C[C@@H]2COc3ccccc3NC2=O)c1. The number of hydrogen-bond acceptors (Lipinski definition) is 4. The molecule has 24 heavy (non-hydrogen) atoms. The zero-order valence-corrected chi connectivity index (χ0v) is 14.1. The predicted octanol–water partition coefficient (Wildman–Crippen LogP) is 3.38. The molecule has 0 unspecified atom stereocenters. The van der Waals surface area contributed by atoms with Gasteiger partial charge in [-0.15, -0.1) is 11.8 Å². The van der Waals surface area contributed by atoms with Crippen LogP contribution in [0.5, 0.6) is 5.75 Å². The van der Waals surface area contributed by atoms with E-state index in [1.54, 1.807) is 23.9 Å². The third-order valence-corrected chi connectivity index (χ3v) is 4.47. The van der Waals surface area contributed by atoms with Gasteiger partial charge in [-0.25, -0.2) is 0 Å². The second-order valence-corrected chi connectivity index (χ2v) is 6.36. The molecule has 2 N–H and O–H groups in total. The molecule has 2 aromatic carbocycles. The smallest absolute Gasteiger partial charge is 0.231 e. The van der Waals surface area contributed by atoms with E-state index < -0.39 is 5.92 Å². The molecular weight excluding hydrogens is 324 g/mol. The molecule has 1 aliphatic heterocycles. The van der Waals surface area contributed by atoms with Crippen molar-refractivity contribution in [3.63, 3.8) is 0 Å². The number of para-hydroxylation sites is 2. The largest absolute Gasteiger partial charge is 0.491 e. The van der Waals surface area contributed by atoms with Gasteiger partial charge in [-0.1, -0.05) is 18.2 Å². The van der Waals surface area contributed by atoms with Crippen LogP contribution in [0.2, 0.25) is 0 Å². The summed E-state index contributed by atoms with van der Waals surface area (Å²) < 4.78 is 5.65. The lowest BCUT2D eigenvalue weighted by Gasteiger charge is -2.13. The summed E-state index contributed by atoms with van der Waals surface area (Å²) in [7, 11) is 0. The maximum absolute atomic E-state index is 12.3. The van der Waals surface area contributed by atoms with Gasteiger partial charge < -0.3 is 15.4 Å². The first-order valence-corrected chi connectivity index (χ1v) is 8.85. The number of carbonyl (C=O) groups excluding carboxylic acids is 2. The summed E-state index contributed by atoms with van der Waals surface area (Å²) in [4.78, 5) is 25.6. The van der Waals surface area contributed by atoms with Crippen molar-refractivity contribution in [2.75, 3.05) is 23.5 Å². The molecule has 0 fully saturated rings. The Balaban J connectivity index is 1.63. The lowest BCUT2D eigenvalue weighted by molar-refractivity contribution is -0.125. The molecular formula is C18H18N2O3S. The van der Waals surface area contributed by atoms with Gasteiger partial charge in [-0.2, -0.15) is 0 Å². The van der Waals surface area contributed by atoms with E-state index >= 15 is 0 Å². The van der Waals surface area contributed by atoms with Crippen molar-refractivity contribution in [3.05, 3.63) is 48.5 Å². The summed E-state index contributed by atoms with van der Waals surface area (Å²) in [5.41, 5.74) is 1.36. The fraction of sp³-hybridized carbons (Fsp3) is 0.222. The predicted molar refractivity (Wildman–Crippen MR) is 95.5 cm³/mol. The monoisotopic (exact) mass is 342 g/mol. The van der Waals surface area contributed by atoms with Crippen LogP contribution in [0, 0.1) is 5.92 Å². The molecule has 3 rings (SSSR count). The molecule has 0 aromatic heterocycles. The number of rotatable bonds is 4. The van der Waals surface area contributed by atoms with Crippen LogP contribution in [0.25, 0.3) is 0 Å². The van der Waals surface area contributed by atoms with E-state index in [2.05, 4.69) is 10.6 Å². The molecule has 0 bridgehead atoms. The van der Waals surface area contributed by atoms with Crippen LogP contribution in [0.1, 0.15) is 6.42 Å². The number of anilines is 2. The van der Waals surface area contributed by atoms with Crippen molar-refractivity contribution in [2.24, 2.45) is 5.92 Å². The summed E-state index contributed by atoms with van der Waals surface area (Å²) >= 11 is 1.61. The zero-order chi connectivity index (χ0) is 16.9. The van der Waals surface area contributed by atoms with E-state index in [1.807, 2.05) is 42.7 Å². The van der Waals surface area contributed by atoms with E-state index in [0.29, 0.717) is 11.4 Å². The molecule has 1 heterocycles. The number of nitrogens with one attached hydrogen (secondary N) is 2. The quantitative estimate of drug-likeness (QED) is 0.836. The van der Waals surface area contributed by atoms with Crippen molar-refractivity contribution in [1.29, 1.82) is 0 Å². The molecule has 5 nitrogen and oxygen atoms in total. The molecule has 1 atom stereocenters. The maximum atomic E-state index is 12.3. The van der Waals surface area contributed by atoms with Crippen LogP contribution >= 0.6 is 11.8 Å². The van der Waals surface area contributed by atoms with Crippen molar-refractivity contribution < 1.29 is 14.3 Å². The third kappa shape index (κ3) is 3.89. The molecule has 0 saturated carbocycles. The highest BCUT2D eigenvalue weighted by atomic mass is 32.2. The van der Waals surface area contributed by atoms with Crippen LogP contribution < -0.4 is 15.4 Å². The first-order valence-electron chi connectivity index (χ1n) is 7.62. The van der Waals surface area contributed by atoms with E-state index in [9.17, 15) is 9.59 Å². The number of hydrogen-bond donors (Lipinski definition) is 2. The Morgan fingerprint density at radius 1 is 1.29 bits per heavy atom. The minimum atomic E-state index is -0.527. The third-order valence-electron chi connectivity index (χ3n) is 3.74. The summed E-state index contributed by atoms with van der Waals surface area (Å²) in [6.45, 7) is 0.182. The fourth-order valence-corrected chi connectivity index (χ4v) is 2.94. The number of fused-ring (bicyclic) bond motifs is 1. The van der Waals surface area contributed by atoms with Crippen molar-refractivity contribution in [2.45, 2.75) is 11.3 Å². The highest BCUT2D eigenvalue weighted by Crippen LogP contribution is 2.28. The Kier molecular flexibility index (Phi) is 5.05. The van der Waals surface area contributed by atoms with Crippen LogP contribution in [-0.2, 0) is 9.59 Å². The van der Waals surface area contributed by atoms with Crippen molar-refractivity contribution >= 4 is 35.0 Å². The van der Waals surface area contributed by atoms with Gasteiger partial charge >= 0.3 is 0 Å². The Labute approximate surface area is 144 Å². The van der Waals surface area contributed by atoms with Gasteiger partial charge in [0.25, 0.3) is 0 Å². The van der Waals surface area contributed by atoms with Crippen LogP contribution in [0.15, 0.2) is 53.4 Å². The molecule has 1 aliphatic rings. The van der Waals surface area contributed by atoms with Gasteiger partial charge in [-0.05, 0) is 36.6 Å². The zero-order valence-electron chi connectivity index (χ0n) is 13.2. The second kappa shape index (κ2) is 7.40. The van der Waals surface area contributed by atoms with Crippen molar-refractivity contribution in [1.82, 2.24) is 0 Å². The molecule has 0 spiro atoms. The summed E-state index contributed by atoms with van der Waals surface area (Å²) in [6, 6.07) is 14.9. The van der Waals surface area contributed by atoms with Gasteiger partial charge in [0, 0.05) is 17.0 Å². The molecule has 2 aromatic rings. The van der Waals surface area contributed by atoms with Gasteiger partial charge in [0.1, 0.15) is 12.4 Å². The van der Waals surface area contributed by atoms with Crippen LogP contribution in [0.3, 0.4) is 0 Å². The lowest BCUT2D eigenvalue weighted by Crippen LogP contribution is -2.29. The number of benzene rings is 2. The van der Waals surface area contributed by atoms with E-state index in [4.69, 9.17) is 4.74 Å². The Hall–Kier alpha value is -2.47. The molecule has 0 radical (unpaired) electrons. The summed E-state index contributed by atoms with van der Waals surface area (Å²) in [5.74, 6) is -0.307. The van der Waals surface area contributed by atoms with Crippen LogP contribution in [-0.4, -0.2) is 24.7 Å².